The maximum Gasteiger partial charge on any atom is 0.178 e. The minimum Gasteiger partial charge on any atom is -0.371 e. The highest BCUT2D eigenvalue weighted by molar-refractivity contribution is 7.10. The summed E-state index contributed by atoms with van der Waals surface area (Å²) >= 11 is 1.55. The summed E-state index contributed by atoms with van der Waals surface area (Å²) < 4.78 is 5.76. The van der Waals surface area contributed by atoms with Gasteiger partial charge in [0.25, 0.3) is 0 Å². The van der Waals surface area contributed by atoms with Crippen LogP contribution in [0.2, 0.25) is 0 Å². The summed E-state index contributed by atoms with van der Waals surface area (Å²) in [6, 6.07) is 0. The molecule has 2 atom stereocenters. The maximum atomic E-state index is 11.3. The molecule has 1 aliphatic carbocycles. The third-order valence-electron chi connectivity index (χ3n) is 3.60. The molecule has 0 amide bonds. The summed E-state index contributed by atoms with van der Waals surface area (Å²) in [6.45, 7) is 3.81. The van der Waals surface area contributed by atoms with Crippen LogP contribution in [0.1, 0.15) is 55.0 Å². The van der Waals surface area contributed by atoms with Crippen molar-refractivity contribution >= 4 is 17.1 Å². The number of ether oxygens (including phenoxy) is 1. The average molecular weight is 253 g/mol. The van der Waals surface area contributed by atoms with Gasteiger partial charge in [-0.25, -0.2) is 4.98 Å². The molecule has 0 aliphatic heterocycles. The van der Waals surface area contributed by atoms with E-state index in [9.17, 15) is 4.79 Å². The lowest BCUT2D eigenvalue weighted by molar-refractivity contribution is -0.0580. The van der Waals surface area contributed by atoms with E-state index in [1.807, 2.05) is 5.38 Å². The molecule has 17 heavy (non-hydrogen) atoms. The minimum absolute atomic E-state index is 0.0302. The highest BCUT2D eigenvalue weighted by atomic mass is 32.1. The van der Waals surface area contributed by atoms with Crippen molar-refractivity contribution in [1.29, 1.82) is 0 Å². The van der Waals surface area contributed by atoms with Crippen molar-refractivity contribution in [2.45, 2.75) is 45.1 Å². The SMILES string of the molecule is COC1(c2nc(C(C)=O)cs2)CCCC(C)C1. The van der Waals surface area contributed by atoms with Crippen molar-refractivity contribution in [3.8, 4) is 0 Å². The summed E-state index contributed by atoms with van der Waals surface area (Å²) in [5.41, 5.74) is 0.315. The Bertz CT molecular complexity index is 415. The Morgan fingerprint density at radius 3 is 2.94 bits per heavy atom. The lowest BCUT2D eigenvalue weighted by atomic mass is 9.79. The first kappa shape index (κ1) is 12.7. The van der Waals surface area contributed by atoms with Crippen LogP contribution in [0, 0.1) is 5.92 Å². The van der Waals surface area contributed by atoms with E-state index in [0.717, 1.165) is 17.8 Å². The summed E-state index contributed by atoms with van der Waals surface area (Å²) in [4.78, 5) is 15.8. The fourth-order valence-corrected chi connectivity index (χ4v) is 3.69. The van der Waals surface area contributed by atoms with Gasteiger partial charge in [0.2, 0.25) is 0 Å². The van der Waals surface area contributed by atoms with Gasteiger partial charge in [-0.05, 0) is 25.2 Å². The molecule has 1 aromatic heterocycles. The lowest BCUT2D eigenvalue weighted by Gasteiger charge is -2.37. The second-order valence-electron chi connectivity index (χ2n) is 4.99. The summed E-state index contributed by atoms with van der Waals surface area (Å²) in [5, 5.41) is 2.81. The van der Waals surface area contributed by atoms with E-state index < -0.39 is 0 Å². The maximum absolute atomic E-state index is 11.3. The van der Waals surface area contributed by atoms with Crippen LogP contribution in [0.15, 0.2) is 5.38 Å². The quantitative estimate of drug-likeness (QED) is 0.775. The zero-order chi connectivity index (χ0) is 12.5. The number of rotatable bonds is 3. The van der Waals surface area contributed by atoms with Crippen molar-refractivity contribution in [3.63, 3.8) is 0 Å². The number of carbonyl (C=O) groups is 1. The third-order valence-corrected chi connectivity index (χ3v) is 4.63. The van der Waals surface area contributed by atoms with E-state index in [1.54, 1.807) is 25.4 Å². The zero-order valence-corrected chi connectivity index (χ0v) is 11.5. The molecule has 4 heteroatoms. The zero-order valence-electron chi connectivity index (χ0n) is 10.7. The van der Waals surface area contributed by atoms with Gasteiger partial charge in [-0.1, -0.05) is 13.3 Å². The van der Waals surface area contributed by atoms with Crippen LogP contribution in [-0.2, 0) is 10.3 Å². The molecule has 0 bridgehead atoms. The molecule has 1 saturated carbocycles. The fourth-order valence-electron chi connectivity index (χ4n) is 2.61. The largest absolute Gasteiger partial charge is 0.371 e. The van der Waals surface area contributed by atoms with Crippen LogP contribution >= 0.6 is 11.3 Å². The van der Waals surface area contributed by atoms with Crippen molar-refractivity contribution in [2.24, 2.45) is 5.92 Å². The van der Waals surface area contributed by atoms with Gasteiger partial charge < -0.3 is 4.74 Å². The van der Waals surface area contributed by atoms with Gasteiger partial charge >= 0.3 is 0 Å². The molecule has 1 aliphatic rings. The number of carbonyl (C=O) groups excluding carboxylic acids is 1. The van der Waals surface area contributed by atoms with Gasteiger partial charge in [0, 0.05) is 19.4 Å². The third kappa shape index (κ3) is 2.43. The predicted octanol–water partition coefficient (Wildman–Crippen LogP) is 3.40. The molecule has 3 nitrogen and oxygen atoms in total. The van der Waals surface area contributed by atoms with E-state index in [0.29, 0.717) is 11.6 Å². The van der Waals surface area contributed by atoms with E-state index in [1.165, 1.54) is 12.8 Å². The molecular formula is C13H19NO2S. The Morgan fingerprint density at radius 2 is 2.41 bits per heavy atom. The van der Waals surface area contributed by atoms with Crippen LogP contribution < -0.4 is 0 Å². The van der Waals surface area contributed by atoms with Gasteiger partial charge in [-0.15, -0.1) is 11.3 Å². The molecule has 0 spiro atoms. The summed E-state index contributed by atoms with van der Waals surface area (Å²) in [5.74, 6) is 0.691. The molecule has 0 saturated heterocycles. The second-order valence-corrected chi connectivity index (χ2v) is 5.85. The first-order valence-corrected chi connectivity index (χ1v) is 6.97. The molecule has 0 N–H and O–H groups in total. The molecule has 2 rings (SSSR count). The van der Waals surface area contributed by atoms with Crippen LogP contribution in [-0.4, -0.2) is 17.9 Å². The van der Waals surface area contributed by atoms with Crippen LogP contribution in [0.25, 0.3) is 0 Å². The minimum atomic E-state index is -0.254. The number of thiazole rings is 1. The van der Waals surface area contributed by atoms with Crippen molar-refractivity contribution in [1.82, 2.24) is 4.98 Å². The molecule has 0 radical (unpaired) electrons. The van der Waals surface area contributed by atoms with E-state index in [4.69, 9.17) is 4.74 Å². The van der Waals surface area contributed by atoms with Gasteiger partial charge in [-0.2, -0.15) is 0 Å². The number of Topliss-reactive ketones (excluding diaryl/α,β-unsaturated/α-hetero) is 1. The van der Waals surface area contributed by atoms with Crippen molar-refractivity contribution in [2.75, 3.05) is 7.11 Å². The van der Waals surface area contributed by atoms with Gasteiger partial charge in [0.15, 0.2) is 5.78 Å². The Morgan fingerprint density at radius 1 is 1.65 bits per heavy atom. The average Bonchev–Trinajstić information content (AvgIpc) is 2.78. The molecular weight excluding hydrogens is 234 g/mol. The van der Waals surface area contributed by atoms with Crippen molar-refractivity contribution in [3.05, 3.63) is 16.1 Å². The lowest BCUT2D eigenvalue weighted by Crippen LogP contribution is -2.34. The number of aromatic nitrogens is 1. The topological polar surface area (TPSA) is 39.2 Å². The Kier molecular flexibility index (Phi) is 3.64. The van der Waals surface area contributed by atoms with E-state index in [2.05, 4.69) is 11.9 Å². The number of nitrogens with zero attached hydrogens (tertiary/aromatic N) is 1. The first-order chi connectivity index (χ1) is 8.07. The molecule has 2 unspecified atom stereocenters. The van der Waals surface area contributed by atoms with E-state index in [-0.39, 0.29) is 11.4 Å². The Balaban J connectivity index is 2.30. The number of ketones is 1. The smallest absolute Gasteiger partial charge is 0.178 e. The number of methoxy groups -OCH3 is 1. The predicted molar refractivity (Wildman–Crippen MR) is 68.4 cm³/mol. The Labute approximate surface area is 106 Å². The normalized spacial score (nSPS) is 29.2. The highest BCUT2D eigenvalue weighted by Gasteiger charge is 2.39. The van der Waals surface area contributed by atoms with E-state index >= 15 is 0 Å². The number of hydrogen-bond acceptors (Lipinski definition) is 4. The van der Waals surface area contributed by atoms with Crippen molar-refractivity contribution < 1.29 is 9.53 Å². The Hall–Kier alpha value is -0.740. The highest BCUT2D eigenvalue weighted by Crippen LogP contribution is 2.43. The summed E-state index contributed by atoms with van der Waals surface area (Å²) in [7, 11) is 1.76. The molecule has 1 fully saturated rings. The standard InChI is InChI=1S/C13H19NO2S/c1-9-5-4-6-13(7-9,16-3)12-14-11(8-17-12)10(2)15/h8-9H,4-7H2,1-3H3. The van der Waals surface area contributed by atoms with Crippen LogP contribution in [0.4, 0.5) is 0 Å². The molecule has 1 heterocycles. The van der Waals surface area contributed by atoms with Gasteiger partial charge in [-0.3, -0.25) is 4.79 Å². The number of hydrogen-bond donors (Lipinski definition) is 0. The molecule has 94 valence electrons. The monoisotopic (exact) mass is 253 g/mol. The first-order valence-electron chi connectivity index (χ1n) is 6.09. The van der Waals surface area contributed by atoms with Crippen LogP contribution in [0.3, 0.4) is 0 Å². The molecule has 0 aromatic carbocycles. The fraction of sp³-hybridized carbons (Fsp3) is 0.692. The van der Waals surface area contributed by atoms with Crippen LogP contribution in [0.5, 0.6) is 0 Å². The molecule has 1 aromatic rings. The second kappa shape index (κ2) is 4.86. The van der Waals surface area contributed by atoms with Gasteiger partial charge in [0.1, 0.15) is 16.3 Å². The van der Waals surface area contributed by atoms with Gasteiger partial charge in [0.05, 0.1) is 0 Å². The summed E-state index contributed by atoms with van der Waals surface area (Å²) in [6.07, 6.45) is 4.45.